The molecule has 2 aliphatic heterocycles. The van der Waals surface area contributed by atoms with Crippen LogP contribution in [-0.2, 0) is 0 Å². The molecule has 3 heterocycles. The molecule has 8 nitrogen and oxygen atoms in total. The van der Waals surface area contributed by atoms with Gasteiger partial charge in [-0.3, -0.25) is 9.69 Å². The van der Waals surface area contributed by atoms with Gasteiger partial charge < -0.3 is 20.9 Å². The first-order valence-electron chi connectivity index (χ1n) is 12.7. The van der Waals surface area contributed by atoms with Crippen LogP contribution in [0.3, 0.4) is 0 Å². The van der Waals surface area contributed by atoms with E-state index in [0.29, 0.717) is 33.9 Å². The Morgan fingerprint density at radius 1 is 1.24 bits per heavy atom. The molecule has 194 valence electrons. The molecule has 1 aromatic carbocycles. The number of pyridine rings is 1. The van der Waals surface area contributed by atoms with Crippen molar-refractivity contribution in [1.82, 2.24) is 20.1 Å². The predicted octanol–water partition coefficient (Wildman–Crippen LogP) is 3.80. The van der Waals surface area contributed by atoms with E-state index in [9.17, 15) is 4.79 Å². The third-order valence-corrected chi connectivity index (χ3v) is 7.58. The highest BCUT2D eigenvalue weighted by atomic mass is 35.5. The van der Waals surface area contributed by atoms with Gasteiger partial charge in [0.2, 0.25) is 0 Å². The lowest BCUT2D eigenvalue weighted by atomic mass is 9.97. The summed E-state index contributed by atoms with van der Waals surface area (Å²) >= 11 is 6.65. The van der Waals surface area contributed by atoms with Gasteiger partial charge >= 0.3 is 0 Å². The van der Waals surface area contributed by atoms with Gasteiger partial charge in [0.1, 0.15) is 5.82 Å². The molecule has 0 bridgehead atoms. The minimum atomic E-state index is 0.0425. The van der Waals surface area contributed by atoms with Gasteiger partial charge in [-0.15, -0.1) is 0 Å². The summed E-state index contributed by atoms with van der Waals surface area (Å²) in [6, 6.07) is 11.7. The standard InChI is InChI=1S/C28H34ClN7O/c1-3-24-19-35(27-26(29)16-23(18-33-27)20(2)32-11-10-30)14-15-36(24)25-8-12-34(13-9-25)28(37)22-6-4-21(17-31)5-7-22/h4-7,10-11,16,18,24-25,32H,2-3,8-9,12-15,19,30H2,1H3/b11-10-/t24-/m0/s1. The number of anilines is 1. The van der Waals surface area contributed by atoms with Gasteiger partial charge in [-0.1, -0.05) is 25.1 Å². The molecular formula is C28H34ClN7O. The predicted molar refractivity (Wildman–Crippen MR) is 148 cm³/mol. The highest BCUT2D eigenvalue weighted by Crippen LogP contribution is 2.30. The molecule has 3 N–H and O–H groups in total. The number of nitrogens with zero attached hydrogens (tertiary/aromatic N) is 5. The lowest BCUT2D eigenvalue weighted by molar-refractivity contribution is 0.0491. The number of nitrogens with two attached hydrogens (primary N) is 1. The molecule has 2 aromatic rings. The molecule has 0 spiro atoms. The van der Waals surface area contributed by atoms with Crippen LogP contribution in [0.4, 0.5) is 5.82 Å². The van der Waals surface area contributed by atoms with Gasteiger partial charge in [0.15, 0.2) is 0 Å². The minimum Gasteiger partial charge on any atom is -0.403 e. The van der Waals surface area contributed by atoms with Gasteiger partial charge in [-0.25, -0.2) is 4.98 Å². The zero-order valence-electron chi connectivity index (χ0n) is 21.2. The highest BCUT2D eigenvalue weighted by molar-refractivity contribution is 6.33. The lowest BCUT2D eigenvalue weighted by Gasteiger charge is -2.47. The van der Waals surface area contributed by atoms with Crippen LogP contribution in [-0.4, -0.2) is 65.5 Å². The van der Waals surface area contributed by atoms with Crippen molar-refractivity contribution < 1.29 is 4.79 Å². The maximum Gasteiger partial charge on any atom is 0.253 e. The van der Waals surface area contributed by atoms with Crippen molar-refractivity contribution >= 4 is 29.0 Å². The maximum atomic E-state index is 12.9. The molecule has 0 aliphatic carbocycles. The van der Waals surface area contributed by atoms with E-state index in [2.05, 4.69) is 39.7 Å². The molecule has 1 amide bonds. The molecule has 0 radical (unpaired) electrons. The van der Waals surface area contributed by atoms with E-state index in [-0.39, 0.29) is 5.91 Å². The number of hydrogen-bond acceptors (Lipinski definition) is 7. The fourth-order valence-corrected chi connectivity index (χ4v) is 5.52. The smallest absolute Gasteiger partial charge is 0.253 e. The van der Waals surface area contributed by atoms with Crippen LogP contribution >= 0.6 is 11.6 Å². The van der Waals surface area contributed by atoms with E-state index in [4.69, 9.17) is 22.6 Å². The summed E-state index contributed by atoms with van der Waals surface area (Å²) in [4.78, 5) is 24.4. The number of nitriles is 1. The second kappa shape index (κ2) is 12.1. The average molecular weight is 520 g/mol. The number of hydrogen-bond donors (Lipinski definition) is 2. The Bertz CT molecular complexity index is 1180. The largest absolute Gasteiger partial charge is 0.403 e. The Labute approximate surface area is 224 Å². The zero-order chi connectivity index (χ0) is 26.4. The summed E-state index contributed by atoms with van der Waals surface area (Å²) in [6.45, 7) is 10.4. The van der Waals surface area contributed by atoms with Crippen LogP contribution in [0.25, 0.3) is 5.70 Å². The van der Waals surface area contributed by atoms with Crippen LogP contribution < -0.4 is 16.0 Å². The number of halogens is 1. The minimum absolute atomic E-state index is 0.0425. The number of likely N-dealkylation sites (tertiary alicyclic amines) is 1. The summed E-state index contributed by atoms with van der Waals surface area (Å²) in [6.07, 6.45) is 7.76. The Balaban J connectivity index is 1.35. The molecule has 9 heteroatoms. The number of carbonyl (C=O) groups excluding carboxylic acids is 1. The Hall–Kier alpha value is -3.54. The molecule has 2 fully saturated rings. The third-order valence-electron chi connectivity index (χ3n) is 7.30. The summed E-state index contributed by atoms with van der Waals surface area (Å²) < 4.78 is 0. The van der Waals surface area contributed by atoms with Crippen LogP contribution in [0.5, 0.6) is 0 Å². The Morgan fingerprint density at radius 2 is 1.97 bits per heavy atom. The van der Waals surface area contributed by atoms with E-state index in [1.54, 1.807) is 36.7 Å². The lowest BCUT2D eigenvalue weighted by Crippen LogP contribution is -2.58. The summed E-state index contributed by atoms with van der Waals surface area (Å²) in [5.74, 6) is 0.842. The van der Waals surface area contributed by atoms with Crippen LogP contribution in [0.2, 0.25) is 5.02 Å². The fourth-order valence-electron chi connectivity index (χ4n) is 5.24. The number of rotatable bonds is 7. The second-order valence-corrected chi connectivity index (χ2v) is 9.88. The van der Waals surface area contributed by atoms with Crippen LogP contribution in [0.1, 0.15) is 47.7 Å². The van der Waals surface area contributed by atoms with Crippen molar-refractivity contribution in [2.24, 2.45) is 5.73 Å². The number of carbonyl (C=O) groups is 1. The topological polar surface area (TPSA) is 102 Å². The van der Waals surface area contributed by atoms with Gasteiger partial charge in [0, 0.05) is 80.2 Å². The van der Waals surface area contributed by atoms with Crippen molar-refractivity contribution in [1.29, 1.82) is 5.26 Å². The number of amides is 1. The molecule has 37 heavy (non-hydrogen) atoms. The number of piperidine rings is 1. The summed E-state index contributed by atoms with van der Waals surface area (Å²) in [5.41, 5.74) is 8.10. The number of piperazine rings is 1. The summed E-state index contributed by atoms with van der Waals surface area (Å²) in [7, 11) is 0. The van der Waals surface area contributed by atoms with Gasteiger partial charge in [-0.05, 0) is 49.6 Å². The van der Waals surface area contributed by atoms with Crippen molar-refractivity contribution in [2.45, 2.75) is 38.3 Å². The molecule has 0 saturated carbocycles. The van der Waals surface area contributed by atoms with E-state index in [0.717, 1.165) is 63.4 Å². The Kier molecular flexibility index (Phi) is 8.70. The van der Waals surface area contributed by atoms with Gasteiger partial charge in [0.25, 0.3) is 5.91 Å². The van der Waals surface area contributed by atoms with Gasteiger partial charge in [-0.2, -0.15) is 5.26 Å². The number of benzene rings is 1. The third kappa shape index (κ3) is 6.07. The maximum absolute atomic E-state index is 12.9. The molecule has 4 rings (SSSR count). The quantitative estimate of drug-likeness (QED) is 0.573. The van der Waals surface area contributed by atoms with Crippen molar-refractivity contribution in [3.05, 3.63) is 77.2 Å². The molecular weight excluding hydrogens is 486 g/mol. The first-order valence-corrected chi connectivity index (χ1v) is 13.1. The van der Waals surface area contributed by atoms with E-state index >= 15 is 0 Å². The Morgan fingerprint density at radius 3 is 2.59 bits per heavy atom. The van der Waals surface area contributed by atoms with E-state index in [1.165, 1.54) is 6.20 Å². The monoisotopic (exact) mass is 519 g/mol. The van der Waals surface area contributed by atoms with Crippen molar-refractivity contribution in [3.8, 4) is 6.07 Å². The molecule has 0 unspecified atom stereocenters. The first kappa shape index (κ1) is 26.5. The zero-order valence-corrected chi connectivity index (χ0v) is 22.0. The highest BCUT2D eigenvalue weighted by Gasteiger charge is 2.34. The fraction of sp³-hybridized carbons (Fsp3) is 0.393. The first-order chi connectivity index (χ1) is 17.9. The van der Waals surface area contributed by atoms with E-state index in [1.807, 2.05) is 11.0 Å². The van der Waals surface area contributed by atoms with Crippen molar-refractivity contribution in [3.63, 3.8) is 0 Å². The molecule has 2 saturated heterocycles. The number of nitrogens with one attached hydrogen (secondary N) is 1. The number of aromatic nitrogens is 1. The van der Waals surface area contributed by atoms with Gasteiger partial charge in [0.05, 0.1) is 16.7 Å². The van der Waals surface area contributed by atoms with Crippen LogP contribution in [0, 0.1) is 11.3 Å². The molecule has 1 atom stereocenters. The van der Waals surface area contributed by atoms with Crippen molar-refractivity contribution in [2.75, 3.05) is 37.6 Å². The summed E-state index contributed by atoms with van der Waals surface area (Å²) in [5, 5.41) is 12.6. The second-order valence-electron chi connectivity index (χ2n) is 9.47. The van der Waals surface area contributed by atoms with E-state index < -0.39 is 0 Å². The average Bonchev–Trinajstić information content (AvgIpc) is 2.95. The van der Waals surface area contributed by atoms with Crippen LogP contribution in [0.15, 0.2) is 55.5 Å². The molecule has 1 aromatic heterocycles. The normalized spacial score (nSPS) is 19.1. The molecule has 2 aliphatic rings. The SMILES string of the molecule is C=C(N/C=C\N)c1cnc(N2CCN(C3CCN(C(=O)c4ccc(C#N)cc4)CC3)[C@@H](CC)C2)c(Cl)c1.